The summed E-state index contributed by atoms with van der Waals surface area (Å²) in [7, 11) is 1.88. The number of aromatic nitrogens is 3. The van der Waals surface area contributed by atoms with Crippen LogP contribution in [0.1, 0.15) is 15.9 Å². The molecule has 0 fully saturated rings. The molecule has 4 aromatic rings. The van der Waals surface area contributed by atoms with Crippen LogP contribution in [0.5, 0.6) is 0 Å². The van der Waals surface area contributed by atoms with Gasteiger partial charge in [0.05, 0.1) is 10.6 Å². The molecule has 2 aromatic heterocycles. The minimum Gasteiger partial charge on any atom is -0.325 e. The number of benzene rings is 2. The number of rotatable bonds is 7. The predicted octanol–water partition coefficient (Wildman–Crippen LogP) is 4.84. The van der Waals surface area contributed by atoms with Crippen molar-refractivity contribution in [3.8, 4) is 10.7 Å². The molecule has 0 aliphatic carbocycles. The zero-order valence-corrected chi connectivity index (χ0v) is 19.2. The molecule has 0 atom stereocenters. The number of amides is 2. The molecule has 0 bridgehead atoms. The molecular formula is C23H21N5O2S2. The first kappa shape index (κ1) is 21.8. The van der Waals surface area contributed by atoms with Gasteiger partial charge in [-0.3, -0.25) is 9.59 Å². The molecule has 2 aromatic carbocycles. The SMILES string of the molecule is Cc1ccccc1C(=O)Nc1cccc(NC(=O)CSc2nnc(-c3cccs3)n2C)c1. The summed E-state index contributed by atoms with van der Waals surface area (Å²) in [4.78, 5) is 26.0. The van der Waals surface area contributed by atoms with Gasteiger partial charge in [0.2, 0.25) is 5.91 Å². The van der Waals surface area contributed by atoms with Gasteiger partial charge < -0.3 is 15.2 Å². The average Bonchev–Trinajstić information content (AvgIpc) is 3.42. The third-order valence-electron chi connectivity index (χ3n) is 4.70. The largest absolute Gasteiger partial charge is 0.325 e. The first-order chi connectivity index (χ1) is 15.5. The van der Waals surface area contributed by atoms with Gasteiger partial charge in [0.1, 0.15) is 0 Å². The van der Waals surface area contributed by atoms with Gasteiger partial charge in [0.25, 0.3) is 5.91 Å². The highest BCUT2D eigenvalue weighted by Gasteiger charge is 2.14. The molecule has 0 unspecified atom stereocenters. The molecule has 0 radical (unpaired) electrons. The second kappa shape index (κ2) is 9.80. The minimum atomic E-state index is -0.189. The van der Waals surface area contributed by atoms with E-state index in [-0.39, 0.29) is 17.6 Å². The van der Waals surface area contributed by atoms with E-state index in [1.165, 1.54) is 11.8 Å². The third-order valence-corrected chi connectivity index (χ3v) is 6.59. The lowest BCUT2D eigenvalue weighted by molar-refractivity contribution is -0.113. The quantitative estimate of drug-likeness (QED) is 0.383. The number of hydrogen-bond acceptors (Lipinski definition) is 6. The number of hydrogen-bond donors (Lipinski definition) is 2. The van der Waals surface area contributed by atoms with Crippen LogP contribution >= 0.6 is 23.1 Å². The van der Waals surface area contributed by atoms with E-state index in [2.05, 4.69) is 20.8 Å². The maximum Gasteiger partial charge on any atom is 0.255 e. The fraction of sp³-hybridized carbons (Fsp3) is 0.130. The lowest BCUT2D eigenvalue weighted by Gasteiger charge is -2.10. The Bertz CT molecular complexity index is 1250. The van der Waals surface area contributed by atoms with Crippen molar-refractivity contribution >= 4 is 46.3 Å². The van der Waals surface area contributed by atoms with E-state index in [4.69, 9.17) is 0 Å². The van der Waals surface area contributed by atoms with Crippen molar-refractivity contribution in [2.24, 2.45) is 7.05 Å². The van der Waals surface area contributed by atoms with Crippen molar-refractivity contribution in [3.63, 3.8) is 0 Å². The summed E-state index contributed by atoms with van der Waals surface area (Å²) in [6, 6.07) is 18.4. The van der Waals surface area contributed by atoms with Crippen LogP contribution < -0.4 is 10.6 Å². The number of thioether (sulfide) groups is 1. The van der Waals surface area contributed by atoms with E-state index >= 15 is 0 Å². The second-order valence-electron chi connectivity index (χ2n) is 7.03. The Morgan fingerprint density at radius 3 is 2.53 bits per heavy atom. The molecule has 2 N–H and O–H groups in total. The molecule has 7 nitrogen and oxygen atoms in total. The van der Waals surface area contributed by atoms with Crippen LogP contribution in [0.15, 0.2) is 71.2 Å². The minimum absolute atomic E-state index is 0.168. The molecular weight excluding hydrogens is 442 g/mol. The van der Waals surface area contributed by atoms with Crippen LogP contribution in [0.3, 0.4) is 0 Å². The van der Waals surface area contributed by atoms with E-state index in [1.54, 1.807) is 41.7 Å². The second-order valence-corrected chi connectivity index (χ2v) is 8.92. The topological polar surface area (TPSA) is 88.9 Å². The summed E-state index contributed by atoms with van der Waals surface area (Å²) in [5.41, 5.74) is 2.73. The highest BCUT2D eigenvalue weighted by molar-refractivity contribution is 7.99. The van der Waals surface area contributed by atoms with Crippen LogP contribution in [-0.2, 0) is 11.8 Å². The summed E-state index contributed by atoms with van der Waals surface area (Å²) in [5, 5.41) is 16.8. The summed E-state index contributed by atoms with van der Waals surface area (Å²) < 4.78 is 1.88. The Morgan fingerprint density at radius 1 is 1.00 bits per heavy atom. The normalized spacial score (nSPS) is 10.7. The summed E-state index contributed by atoms with van der Waals surface area (Å²) in [6.07, 6.45) is 0. The molecule has 2 amide bonds. The number of nitrogens with zero attached hydrogens (tertiary/aromatic N) is 3. The molecule has 32 heavy (non-hydrogen) atoms. The Kier molecular flexibility index (Phi) is 6.67. The monoisotopic (exact) mass is 463 g/mol. The smallest absolute Gasteiger partial charge is 0.255 e. The summed E-state index contributed by atoms with van der Waals surface area (Å²) in [6.45, 7) is 1.89. The molecule has 9 heteroatoms. The maximum atomic E-state index is 12.5. The number of thiophene rings is 1. The van der Waals surface area contributed by atoms with Crippen molar-refractivity contribution < 1.29 is 9.59 Å². The lowest BCUT2D eigenvalue weighted by atomic mass is 10.1. The van der Waals surface area contributed by atoms with Gasteiger partial charge in [-0.25, -0.2) is 0 Å². The molecule has 2 heterocycles. The van der Waals surface area contributed by atoms with Crippen molar-refractivity contribution in [1.82, 2.24) is 14.8 Å². The van der Waals surface area contributed by atoms with E-state index in [9.17, 15) is 9.59 Å². The van der Waals surface area contributed by atoms with E-state index in [1.807, 2.05) is 54.3 Å². The van der Waals surface area contributed by atoms with Crippen molar-refractivity contribution in [2.45, 2.75) is 12.1 Å². The number of aryl methyl sites for hydroxylation is 1. The Labute approximate surface area is 193 Å². The van der Waals surface area contributed by atoms with Crippen molar-refractivity contribution in [3.05, 3.63) is 77.2 Å². The number of anilines is 2. The van der Waals surface area contributed by atoms with Crippen LogP contribution in [0.4, 0.5) is 11.4 Å². The van der Waals surface area contributed by atoms with Crippen LogP contribution in [0.25, 0.3) is 10.7 Å². The average molecular weight is 464 g/mol. The van der Waals surface area contributed by atoms with E-state index < -0.39 is 0 Å². The third kappa shape index (κ3) is 5.06. The molecule has 0 aliphatic heterocycles. The number of carbonyl (C=O) groups is 2. The van der Waals surface area contributed by atoms with Gasteiger partial charge in [0.15, 0.2) is 11.0 Å². The molecule has 0 saturated heterocycles. The fourth-order valence-corrected chi connectivity index (χ4v) is 4.54. The van der Waals surface area contributed by atoms with Crippen LogP contribution in [0.2, 0.25) is 0 Å². The molecule has 0 aliphatic rings. The van der Waals surface area contributed by atoms with Crippen molar-refractivity contribution in [1.29, 1.82) is 0 Å². The van der Waals surface area contributed by atoms with Gasteiger partial charge in [-0.1, -0.05) is 42.1 Å². The fourth-order valence-electron chi connectivity index (χ4n) is 3.09. The predicted molar refractivity (Wildman–Crippen MR) is 129 cm³/mol. The van der Waals surface area contributed by atoms with Gasteiger partial charge in [0, 0.05) is 24.0 Å². The number of nitrogens with one attached hydrogen (secondary N) is 2. The summed E-state index contributed by atoms with van der Waals surface area (Å²) >= 11 is 2.91. The highest BCUT2D eigenvalue weighted by Crippen LogP contribution is 2.26. The standard InChI is InChI=1S/C23H21N5O2S2/c1-15-7-3-4-10-18(15)22(30)25-17-9-5-8-16(13-17)24-20(29)14-32-23-27-26-21(28(23)2)19-11-6-12-31-19/h3-13H,14H2,1-2H3,(H,24,29)(H,25,30). The Hall–Kier alpha value is -3.43. The van der Waals surface area contributed by atoms with Gasteiger partial charge in [-0.2, -0.15) is 0 Å². The molecule has 0 spiro atoms. The zero-order valence-electron chi connectivity index (χ0n) is 17.5. The lowest BCUT2D eigenvalue weighted by Crippen LogP contribution is -2.16. The highest BCUT2D eigenvalue weighted by atomic mass is 32.2. The van der Waals surface area contributed by atoms with Gasteiger partial charge >= 0.3 is 0 Å². The first-order valence-electron chi connectivity index (χ1n) is 9.84. The Morgan fingerprint density at radius 2 is 1.78 bits per heavy atom. The van der Waals surface area contributed by atoms with Gasteiger partial charge in [-0.15, -0.1) is 21.5 Å². The molecule has 4 rings (SSSR count). The number of carbonyl (C=O) groups excluding carboxylic acids is 2. The van der Waals surface area contributed by atoms with E-state index in [0.717, 1.165) is 16.3 Å². The molecule has 162 valence electrons. The van der Waals surface area contributed by atoms with E-state index in [0.29, 0.717) is 22.1 Å². The molecule has 0 saturated carbocycles. The van der Waals surface area contributed by atoms with Crippen LogP contribution in [0, 0.1) is 6.92 Å². The first-order valence-corrected chi connectivity index (χ1v) is 11.7. The maximum absolute atomic E-state index is 12.5. The Balaban J connectivity index is 1.35. The zero-order chi connectivity index (χ0) is 22.5. The van der Waals surface area contributed by atoms with Gasteiger partial charge in [-0.05, 0) is 48.2 Å². The summed E-state index contributed by atoms with van der Waals surface area (Å²) in [5.74, 6) is 0.611. The van der Waals surface area contributed by atoms with Crippen molar-refractivity contribution in [2.75, 3.05) is 16.4 Å². The van der Waals surface area contributed by atoms with Crippen LogP contribution in [-0.4, -0.2) is 32.3 Å².